The van der Waals surface area contributed by atoms with Crippen molar-refractivity contribution in [3.63, 3.8) is 0 Å². The molecule has 2 heterocycles. The lowest BCUT2D eigenvalue weighted by atomic mass is 10.1. The van der Waals surface area contributed by atoms with E-state index < -0.39 is 6.09 Å². The van der Waals surface area contributed by atoms with E-state index in [0.717, 1.165) is 27.8 Å². The van der Waals surface area contributed by atoms with Crippen LogP contribution in [0.1, 0.15) is 5.56 Å². The molecular formula is C15H14N4O2. The number of hydrogen-bond donors (Lipinski definition) is 4. The normalized spacial score (nSPS) is 10.5. The minimum atomic E-state index is -1.03. The maximum atomic E-state index is 10.6. The molecule has 0 aliphatic heterocycles. The number of amides is 1. The number of nitrogens with one attached hydrogen (secondary N) is 3. The van der Waals surface area contributed by atoms with Crippen molar-refractivity contribution in [1.82, 2.24) is 15.3 Å². The van der Waals surface area contributed by atoms with Gasteiger partial charge in [-0.2, -0.15) is 0 Å². The SMILES string of the molecule is O=C(O)NCc1ccc2[nH]cc(Nc3ccncc3)c2c1. The highest BCUT2D eigenvalue weighted by molar-refractivity contribution is 5.94. The van der Waals surface area contributed by atoms with Crippen LogP contribution < -0.4 is 10.6 Å². The summed E-state index contributed by atoms with van der Waals surface area (Å²) in [5, 5.41) is 15.3. The summed E-state index contributed by atoms with van der Waals surface area (Å²) in [5.41, 5.74) is 3.78. The number of nitrogens with zero attached hydrogens (tertiary/aromatic N) is 1. The molecule has 3 aromatic rings. The van der Waals surface area contributed by atoms with Crippen LogP contribution in [0.3, 0.4) is 0 Å². The van der Waals surface area contributed by atoms with Gasteiger partial charge in [-0.15, -0.1) is 0 Å². The van der Waals surface area contributed by atoms with E-state index in [1.807, 2.05) is 36.5 Å². The number of benzene rings is 1. The zero-order valence-electron chi connectivity index (χ0n) is 11.1. The van der Waals surface area contributed by atoms with E-state index in [0.29, 0.717) is 0 Å². The van der Waals surface area contributed by atoms with Crippen LogP contribution in [-0.4, -0.2) is 21.2 Å². The fraction of sp³-hybridized carbons (Fsp3) is 0.0667. The Kier molecular flexibility index (Phi) is 3.42. The molecule has 0 bridgehead atoms. The number of pyridine rings is 1. The topological polar surface area (TPSA) is 90.0 Å². The molecule has 0 aliphatic rings. The van der Waals surface area contributed by atoms with Crippen molar-refractivity contribution in [3.8, 4) is 0 Å². The second-order valence-electron chi connectivity index (χ2n) is 4.60. The van der Waals surface area contributed by atoms with Crippen molar-refractivity contribution >= 4 is 28.4 Å². The third kappa shape index (κ3) is 2.94. The molecule has 0 atom stereocenters. The van der Waals surface area contributed by atoms with Crippen molar-refractivity contribution in [2.45, 2.75) is 6.54 Å². The van der Waals surface area contributed by atoms with E-state index in [4.69, 9.17) is 5.11 Å². The fourth-order valence-corrected chi connectivity index (χ4v) is 2.15. The largest absolute Gasteiger partial charge is 0.465 e. The maximum Gasteiger partial charge on any atom is 0.404 e. The molecule has 1 amide bonds. The molecule has 2 aromatic heterocycles. The first-order valence-electron chi connectivity index (χ1n) is 6.46. The Labute approximate surface area is 120 Å². The minimum absolute atomic E-state index is 0.283. The Hall–Kier alpha value is -3.02. The number of hydrogen-bond acceptors (Lipinski definition) is 3. The molecule has 4 N–H and O–H groups in total. The number of H-pyrrole nitrogens is 1. The van der Waals surface area contributed by atoms with Crippen molar-refractivity contribution in [2.24, 2.45) is 0 Å². The van der Waals surface area contributed by atoms with Gasteiger partial charge in [-0.25, -0.2) is 4.79 Å². The minimum Gasteiger partial charge on any atom is -0.465 e. The molecule has 3 rings (SSSR count). The molecule has 106 valence electrons. The first-order valence-corrected chi connectivity index (χ1v) is 6.46. The highest BCUT2D eigenvalue weighted by atomic mass is 16.4. The van der Waals surface area contributed by atoms with Gasteiger partial charge in [0.2, 0.25) is 0 Å². The summed E-state index contributed by atoms with van der Waals surface area (Å²) < 4.78 is 0. The summed E-state index contributed by atoms with van der Waals surface area (Å²) in [6, 6.07) is 9.56. The third-order valence-corrected chi connectivity index (χ3v) is 3.15. The van der Waals surface area contributed by atoms with Crippen LogP contribution in [0.2, 0.25) is 0 Å². The monoisotopic (exact) mass is 282 g/mol. The van der Waals surface area contributed by atoms with Gasteiger partial charge < -0.3 is 20.7 Å². The second-order valence-corrected chi connectivity index (χ2v) is 4.60. The van der Waals surface area contributed by atoms with Crippen LogP contribution in [-0.2, 0) is 6.54 Å². The smallest absolute Gasteiger partial charge is 0.404 e. The van der Waals surface area contributed by atoms with E-state index in [-0.39, 0.29) is 6.54 Å². The Morgan fingerprint density at radius 3 is 2.81 bits per heavy atom. The lowest BCUT2D eigenvalue weighted by Crippen LogP contribution is -2.19. The van der Waals surface area contributed by atoms with Gasteiger partial charge in [0.05, 0.1) is 5.69 Å². The van der Waals surface area contributed by atoms with Crippen LogP contribution in [0.5, 0.6) is 0 Å². The molecule has 0 spiro atoms. The van der Waals surface area contributed by atoms with Crippen LogP contribution >= 0.6 is 0 Å². The molecule has 0 aliphatic carbocycles. The van der Waals surface area contributed by atoms with Crippen molar-refractivity contribution in [3.05, 3.63) is 54.5 Å². The average Bonchev–Trinajstić information content (AvgIpc) is 2.89. The van der Waals surface area contributed by atoms with E-state index in [1.165, 1.54) is 0 Å². The number of anilines is 2. The summed E-state index contributed by atoms with van der Waals surface area (Å²) >= 11 is 0. The molecule has 21 heavy (non-hydrogen) atoms. The van der Waals surface area contributed by atoms with E-state index in [9.17, 15) is 4.79 Å². The lowest BCUT2D eigenvalue weighted by molar-refractivity contribution is 0.194. The molecule has 1 aromatic carbocycles. The summed E-state index contributed by atoms with van der Waals surface area (Å²) in [4.78, 5) is 17.7. The highest BCUT2D eigenvalue weighted by Crippen LogP contribution is 2.27. The van der Waals surface area contributed by atoms with Crippen molar-refractivity contribution < 1.29 is 9.90 Å². The Morgan fingerprint density at radius 1 is 1.24 bits per heavy atom. The molecule has 0 saturated heterocycles. The van der Waals surface area contributed by atoms with Gasteiger partial charge in [-0.1, -0.05) is 6.07 Å². The van der Waals surface area contributed by atoms with Gasteiger partial charge in [0.15, 0.2) is 0 Å². The zero-order valence-corrected chi connectivity index (χ0v) is 11.1. The van der Waals surface area contributed by atoms with Gasteiger partial charge in [0.25, 0.3) is 0 Å². The first kappa shape index (κ1) is 13.0. The Balaban J connectivity index is 1.88. The van der Waals surface area contributed by atoms with Crippen molar-refractivity contribution in [1.29, 1.82) is 0 Å². The van der Waals surface area contributed by atoms with Crippen LogP contribution in [0.15, 0.2) is 48.9 Å². The number of fused-ring (bicyclic) bond motifs is 1. The van der Waals surface area contributed by atoms with Crippen LogP contribution in [0, 0.1) is 0 Å². The standard InChI is InChI=1S/C15H14N4O2/c20-15(21)18-8-10-1-2-13-12(7-10)14(9-17-13)19-11-3-5-16-6-4-11/h1-7,9,17-18H,8H2,(H,16,19)(H,20,21). The van der Waals surface area contributed by atoms with Crippen LogP contribution in [0.25, 0.3) is 10.9 Å². The van der Waals surface area contributed by atoms with Gasteiger partial charge in [0, 0.05) is 41.7 Å². The number of carbonyl (C=O) groups is 1. The second kappa shape index (κ2) is 5.54. The first-order chi connectivity index (χ1) is 10.2. The predicted molar refractivity (Wildman–Crippen MR) is 80.7 cm³/mol. The molecular weight excluding hydrogens is 268 g/mol. The summed E-state index contributed by atoms with van der Waals surface area (Å²) in [5.74, 6) is 0. The number of rotatable bonds is 4. The number of aromatic nitrogens is 2. The van der Waals surface area contributed by atoms with Gasteiger partial charge in [-0.3, -0.25) is 4.98 Å². The van der Waals surface area contributed by atoms with E-state index in [1.54, 1.807) is 12.4 Å². The summed E-state index contributed by atoms with van der Waals surface area (Å²) in [7, 11) is 0. The zero-order chi connectivity index (χ0) is 14.7. The highest BCUT2D eigenvalue weighted by Gasteiger charge is 2.06. The fourth-order valence-electron chi connectivity index (χ4n) is 2.15. The van der Waals surface area contributed by atoms with Gasteiger partial charge in [-0.05, 0) is 29.8 Å². The van der Waals surface area contributed by atoms with Gasteiger partial charge >= 0.3 is 6.09 Å². The molecule has 0 radical (unpaired) electrons. The predicted octanol–water partition coefficient (Wildman–Crippen LogP) is 3.07. The summed E-state index contributed by atoms with van der Waals surface area (Å²) in [6.45, 7) is 0.283. The molecule has 0 saturated carbocycles. The third-order valence-electron chi connectivity index (χ3n) is 3.15. The van der Waals surface area contributed by atoms with Crippen molar-refractivity contribution in [2.75, 3.05) is 5.32 Å². The summed E-state index contributed by atoms with van der Waals surface area (Å²) in [6.07, 6.45) is 4.30. The van der Waals surface area contributed by atoms with E-state index in [2.05, 4.69) is 20.6 Å². The number of carboxylic acid groups (broad SMARTS) is 1. The molecule has 6 heteroatoms. The molecule has 6 nitrogen and oxygen atoms in total. The Bertz CT molecular complexity index is 768. The number of aromatic amines is 1. The quantitative estimate of drug-likeness (QED) is 0.592. The lowest BCUT2D eigenvalue weighted by Gasteiger charge is -2.06. The molecule has 0 fully saturated rings. The van der Waals surface area contributed by atoms with Gasteiger partial charge in [0.1, 0.15) is 0 Å². The average molecular weight is 282 g/mol. The Morgan fingerprint density at radius 2 is 2.05 bits per heavy atom. The van der Waals surface area contributed by atoms with E-state index >= 15 is 0 Å². The molecule has 0 unspecified atom stereocenters. The van der Waals surface area contributed by atoms with Crippen LogP contribution in [0.4, 0.5) is 16.2 Å². The maximum absolute atomic E-state index is 10.6.